The van der Waals surface area contributed by atoms with E-state index in [1.165, 1.54) is 6.07 Å². The number of carbonyl (C=O) groups is 1. The van der Waals surface area contributed by atoms with Gasteiger partial charge in [-0.15, -0.1) is 0 Å². The minimum atomic E-state index is -1.31. The number of rotatable bonds is 7. The van der Waals surface area contributed by atoms with Gasteiger partial charge in [0.25, 0.3) is 0 Å². The Bertz CT molecular complexity index is 498. The van der Waals surface area contributed by atoms with Crippen LogP contribution in [0.25, 0.3) is 0 Å². The number of hydrogen-bond donors (Lipinski definition) is 0. The number of carboxylic acids is 1. The molecule has 0 N–H and O–H groups in total. The maximum absolute atomic E-state index is 11.3. The zero-order chi connectivity index (χ0) is 16.2. The van der Waals surface area contributed by atoms with Crippen molar-refractivity contribution in [2.75, 3.05) is 0 Å². The summed E-state index contributed by atoms with van der Waals surface area (Å²) < 4.78 is 17.0. The van der Waals surface area contributed by atoms with E-state index in [0.29, 0.717) is 11.5 Å². The second-order valence-corrected chi connectivity index (χ2v) is 5.56. The number of aromatic carboxylic acids is 1. The topological polar surface area (TPSA) is 67.8 Å². The summed E-state index contributed by atoms with van der Waals surface area (Å²) >= 11 is 0. The van der Waals surface area contributed by atoms with Crippen LogP contribution in [-0.2, 0) is 26.2 Å². The molecule has 1 rings (SSSR count). The molecule has 1 aromatic carbocycles. The van der Waals surface area contributed by atoms with Crippen LogP contribution in [0.2, 0.25) is 0 Å². The van der Waals surface area contributed by atoms with Crippen LogP contribution in [0, 0.1) is 0 Å². The van der Waals surface area contributed by atoms with Gasteiger partial charge in [0.2, 0.25) is 5.75 Å². The Labute approximate surface area is 151 Å². The third-order valence-corrected chi connectivity index (χ3v) is 2.37. The first-order valence-corrected chi connectivity index (χ1v) is 7.10. The molecule has 5 nitrogen and oxygen atoms in total. The molecule has 122 valence electrons. The molecule has 0 atom stereocenters. The zero-order valence-corrected chi connectivity index (χ0v) is 16.4. The minimum Gasteiger partial charge on any atom is -0.545 e. The quantitative estimate of drug-likeness (QED) is 0.720. The van der Waals surface area contributed by atoms with Crippen molar-refractivity contribution in [1.82, 2.24) is 0 Å². The molecule has 0 saturated heterocycles. The smallest absolute Gasteiger partial charge is 0.204 e. The summed E-state index contributed by atoms with van der Waals surface area (Å²) in [7, 11) is 0. The van der Waals surface area contributed by atoms with Gasteiger partial charge in [-0.05, 0) is 53.7 Å². The molecule has 0 aliphatic heterocycles. The van der Waals surface area contributed by atoms with Crippen molar-refractivity contribution in [1.29, 1.82) is 0 Å². The van der Waals surface area contributed by atoms with Crippen molar-refractivity contribution >= 4 is 5.97 Å². The second kappa shape index (κ2) is 9.19. The fraction of sp³-hybridized carbons (Fsp3) is 0.562. The van der Waals surface area contributed by atoms with E-state index in [1.54, 1.807) is 6.07 Å². The maximum atomic E-state index is 11.3. The number of hydrogen-bond acceptors (Lipinski definition) is 5. The minimum absolute atomic E-state index is 0. The molecule has 0 bridgehead atoms. The first kappa shape index (κ1) is 21.0. The first-order chi connectivity index (χ1) is 9.72. The van der Waals surface area contributed by atoms with Gasteiger partial charge >= 0.3 is 0 Å². The Kier molecular flexibility index (Phi) is 8.76. The Morgan fingerprint density at radius 1 is 0.864 bits per heavy atom. The summed E-state index contributed by atoms with van der Waals surface area (Å²) in [5, 5.41) is 11.3. The van der Waals surface area contributed by atoms with Gasteiger partial charge < -0.3 is 24.1 Å². The van der Waals surface area contributed by atoms with Crippen LogP contribution in [0.3, 0.4) is 0 Å². The van der Waals surface area contributed by atoms with Crippen LogP contribution in [0.15, 0.2) is 12.1 Å². The molecule has 0 radical (unpaired) electrons. The van der Waals surface area contributed by atoms with Gasteiger partial charge in [-0.2, -0.15) is 0 Å². The number of ether oxygens (including phenoxy) is 3. The molecule has 0 spiro atoms. The average molecular weight is 387 g/mol. The molecule has 0 aromatic heterocycles. The average Bonchev–Trinajstić information content (AvgIpc) is 2.31. The van der Waals surface area contributed by atoms with Gasteiger partial charge in [0.05, 0.1) is 24.3 Å². The zero-order valence-electron chi connectivity index (χ0n) is 13.9. The van der Waals surface area contributed by atoms with Crippen molar-refractivity contribution in [3.05, 3.63) is 17.7 Å². The first-order valence-electron chi connectivity index (χ1n) is 7.10. The van der Waals surface area contributed by atoms with Gasteiger partial charge in [0, 0.05) is 31.8 Å². The SMILES string of the molecule is CC(C)Oc1ccc(C(=O)[O-])c(OC(C)C)c1OC(C)C.[Zr]. The number of carbonyl (C=O) groups excluding carboxylic acids is 1. The summed E-state index contributed by atoms with van der Waals surface area (Å²) in [4.78, 5) is 11.3. The molecule has 1 aromatic rings. The molecule has 0 saturated carbocycles. The van der Waals surface area contributed by atoms with Crippen LogP contribution in [-0.4, -0.2) is 24.3 Å². The van der Waals surface area contributed by atoms with E-state index in [1.807, 2.05) is 41.5 Å². The summed E-state index contributed by atoms with van der Waals surface area (Å²) in [6, 6.07) is 2.98. The van der Waals surface area contributed by atoms with Gasteiger partial charge in [-0.1, -0.05) is 0 Å². The fourth-order valence-electron chi connectivity index (χ4n) is 1.75. The molecule has 0 heterocycles. The third kappa shape index (κ3) is 6.00. The molecule has 22 heavy (non-hydrogen) atoms. The Morgan fingerprint density at radius 2 is 1.32 bits per heavy atom. The Balaban J connectivity index is 0.00000441. The van der Waals surface area contributed by atoms with Gasteiger partial charge in [-0.3, -0.25) is 0 Å². The second-order valence-electron chi connectivity index (χ2n) is 5.56. The predicted octanol–water partition coefficient (Wildman–Crippen LogP) is 2.41. The fourth-order valence-corrected chi connectivity index (χ4v) is 1.75. The van der Waals surface area contributed by atoms with Crippen molar-refractivity contribution in [3.63, 3.8) is 0 Å². The summed E-state index contributed by atoms with van der Waals surface area (Å²) in [5.74, 6) is -0.402. The third-order valence-electron chi connectivity index (χ3n) is 2.37. The van der Waals surface area contributed by atoms with Gasteiger partial charge in [-0.25, -0.2) is 0 Å². The summed E-state index contributed by atoms with van der Waals surface area (Å²) in [6.45, 7) is 11.1. The Hall–Kier alpha value is -1.03. The molecule has 0 amide bonds. The van der Waals surface area contributed by atoms with Crippen LogP contribution in [0.4, 0.5) is 0 Å². The number of carboxylic acid groups (broad SMARTS) is 1. The predicted molar refractivity (Wildman–Crippen MR) is 78.1 cm³/mol. The van der Waals surface area contributed by atoms with E-state index >= 15 is 0 Å². The van der Waals surface area contributed by atoms with Crippen LogP contribution < -0.4 is 19.3 Å². The summed E-state index contributed by atoms with van der Waals surface area (Å²) in [5.41, 5.74) is -0.0459. The van der Waals surface area contributed by atoms with Crippen molar-refractivity contribution < 1.29 is 50.3 Å². The van der Waals surface area contributed by atoms with E-state index in [-0.39, 0.29) is 55.8 Å². The largest absolute Gasteiger partial charge is 0.545 e. The molecular weight excluding hydrogens is 363 g/mol. The molecule has 0 aliphatic rings. The summed E-state index contributed by atoms with van der Waals surface area (Å²) in [6.07, 6.45) is -0.418. The van der Waals surface area contributed by atoms with Gasteiger partial charge in [0.15, 0.2) is 11.5 Å². The molecule has 0 aliphatic carbocycles. The van der Waals surface area contributed by atoms with Gasteiger partial charge in [0.1, 0.15) is 0 Å². The van der Waals surface area contributed by atoms with E-state index < -0.39 is 5.97 Å². The standard InChI is InChI=1S/C16H24O5.Zr/c1-9(2)19-13-8-7-12(16(17)18)14(20-10(3)4)15(13)21-11(5)6;/h7-11H,1-6H3,(H,17,18);/p-1. The molecule has 0 fully saturated rings. The van der Waals surface area contributed by atoms with E-state index in [9.17, 15) is 9.90 Å². The van der Waals surface area contributed by atoms with E-state index in [2.05, 4.69) is 0 Å². The Morgan fingerprint density at radius 3 is 1.73 bits per heavy atom. The normalized spacial score (nSPS) is 10.6. The van der Waals surface area contributed by atoms with Crippen LogP contribution >= 0.6 is 0 Å². The maximum Gasteiger partial charge on any atom is 0.204 e. The molecule has 0 unspecified atom stereocenters. The van der Waals surface area contributed by atoms with Crippen LogP contribution in [0.1, 0.15) is 51.9 Å². The number of benzene rings is 1. The molecule has 6 heteroatoms. The monoisotopic (exact) mass is 385 g/mol. The van der Waals surface area contributed by atoms with Crippen molar-refractivity contribution in [2.24, 2.45) is 0 Å². The van der Waals surface area contributed by atoms with Crippen LogP contribution in [0.5, 0.6) is 17.2 Å². The van der Waals surface area contributed by atoms with Crippen molar-refractivity contribution in [3.8, 4) is 17.2 Å². The van der Waals surface area contributed by atoms with E-state index in [0.717, 1.165) is 0 Å². The van der Waals surface area contributed by atoms with Crippen molar-refractivity contribution in [2.45, 2.75) is 59.9 Å². The molecular formula is C16H23O5Zr-. The van der Waals surface area contributed by atoms with E-state index in [4.69, 9.17) is 14.2 Å².